The number of likely N-dealkylation sites (N-methyl/N-ethyl adjacent to an activating group) is 1. The number of para-hydroxylation sites is 1. The number of likely N-dealkylation sites (tertiary alicyclic amines) is 1. The van der Waals surface area contributed by atoms with Gasteiger partial charge in [0.05, 0.1) is 5.52 Å². The van der Waals surface area contributed by atoms with E-state index in [1.807, 2.05) is 24.3 Å². The molecule has 1 aromatic heterocycles. The molecule has 1 aliphatic rings. The first-order valence-electron chi connectivity index (χ1n) is 6.71. The molecule has 20 heavy (non-hydrogen) atoms. The van der Waals surface area contributed by atoms with Crippen molar-refractivity contribution in [2.45, 2.75) is 12.5 Å². The summed E-state index contributed by atoms with van der Waals surface area (Å²) in [6.07, 6.45) is 1.00. The third kappa shape index (κ3) is 2.44. The van der Waals surface area contributed by atoms with Gasteiger partial charge in [-0.05, 0) is 32.1 Å². The van der Waals surface area contributed by atoms with E-state index in [9.17, 15) is 9.90 Å². The Kier molecular flexibility index (Phi) is 3.28. The molecule has 5 nitrogen and oxygen atoms in total. The standard InChI is InChI=1S/C15H17N3O2/c1-18-7-6-11(9-18)16-14-12(15(19)20)8-10-4-2-3-5-13(10)17-14/h2-5,8,11H,6-7,9H2,1H3,(H,16,17)(H,19,20). The Morgan fingerprint density at radius 2 is 2.25 bits per heavy atom. The largest absolute Gasteiger partial charge is 0.478 e. The van der Waals surface area contributed by atoms with E-state index in [4.69, 9.17) is 0 Å². The zero-order chi connectivity index (χ0) is 14.1. The molecule has 1 aromatic carbocycles. The maximum atomic E-state index is 11.4. The average molecular weight is 271 g/mol. The summed E-state index contributed by atoms with van der Waals surface area (Å²) in [5.41, 5.74) is 1.05. The first kappa shape index (κ1) is 12.9. The predicted octanol–water partition coefficient (Wildman–Crippen LogP) is 2.05. The molecular formula is C15H17N3O2. The Morgan fingerprint density at radius 3 is 2.95 bits per heavy atom. The first-order valence-corrected chi connectivity index (χ1v) is 6.71. The van der Waals surface area contributed by atoms with Gasteiger partial charge in [0.25, 0.3) is 0 Å². The summed E-state index contributed by atoms with van der Waals surface area (Å²) >= 11 is 0. The molecule has 0 saturated carbocycles. The van der Waals surface area contributed by atoms with Gasteiger partial charge in [0.2, 0.25) is 0 Å². The minimum absolute atomic E-state index is 0.234. The van der Waals surface area contributed by atoms with Crippen molar-refractivity contribution in [3.8, 4) is 0 Å². The number of hydrogen-bond donors (Lipinski definition) is 2. The number of rotatable bonds is 3. The number of benzene rings is 1. The van der Waals surface area contributed by atoms with Gasteiger partial charge in [-0.15, -0.1) is 0 Å². The average Bonchev–Trinajstić information content (AvgIpc) is 2.83. The van der Waals surface area contributed by atoms with Gasteiger partial charge in [0.1, 0.15) is 11.4 Å². The first-order chi connectivity index (χ1) is 9.63. The number of nitrogens with zero attached hydrogens (tertiary/aromatic N) is 2. The van der Waals surface area contributed by atoms with Crippen LogP contribution in [0.5, 0.6) is 0 Å². The number of aromatic carboxylic acids is 1. The zero-order valence-corrected chi connectivity index (χ0v) is 11.3. The number of nitrogens with one attached hydrogen (secondary N) is 1. The van der Waals surface area contributed by atoms with Crippen LogP contribution in [0.2, 0.25) is 0 Å². The Bertz CT molecular complexity index is 657. The van der Waals surface area contributed by atoms with Crippen molar-refractivity contribution in [1.29, 1.82) is 0 Å². The molecule has 0 amide bonds. The molecule has 1 fully saturated rings. The fraction of sp³-hybridized carbons (Fsp3) is 0.333. The minimum Gasteiger partial charge on any atom is -0.478 e. The van der Waals surface area contributed by atoms with Crippen LogP contribution in [-0.4, -0.2) is 47.1 Å². The Morgan fingerprint density at radius 1 is 1.45 bits per heavy atom. The number of aromatic nitrogens is 1. The highest BCUT2D eigenvalue weighted by atomic mass is 16.4. The zero-order valence-electron chi connectivity index (χ0n) is 11.3. The second-order valence-electron chi connectivity index (χ2n) is 5.27. The normalized spacial score (nSPS) is 19.4. The molecule has 104 valence electrons. The molecule has 2 heterocycles. The van der Waals surface area contributed by atoms with Crippen LogP contribution in [0.25, 0.3) is 10.9 Å². The number of hydrogen-bond acceptors (Lipinski definition) is 4. The molecule has 0 aliphatic carbocycles. The van der Waals surface area contributed by atoms with Gasteiger partial charge in [0, 0.05) is 18.0 Å². The van der Waals surface area contributed by atoms with Gasteiger partial charge in [-0.1, -0.05) is 18.2 Å². The minimum atomic E-state index is -0.947. The second-order valence-corrected chi connectivity index (χ2v) is 5.27. The fourth-order valence-electron chi connectivity index (χ4n) is 2.64. The van der Waals surface area contributed by atoms with Crippen LogP contribution in [0.15, 0.2) is 30.3 Å². The third-order valence-electron chi connectivity index (χ3n) is 3.69. The lowest BCUT2D eigenvalue weighted by Gasteiger charge is -2.16. The number of carboxylic acids is 1. The number of fused-ring (bicyclic) bond motifs is 1. The van der Waals surface area contributed by atoms with Crippen LogP contribution in [0.1, 0.15) is 16.8 Å². The van der Waals surface area contributed by atoms with E-state index in [1.54, 1.807) is 6.07 Å². The van der Waals surface area contributed by atoms with E-state index in [0.717, 1.165) is 30.4 Å². The highest BCUT2D eigenvalue weighted by Gasteiger charge is 2.22. The summed E-state index contributed by atoms with van der Waals surface area (Å²) in [7, 11) is 2.06. The Labute approximate surface area is 117 Å². The summed E-state index contributed by atoms with van der Waals surface area (Å²) in [5, 5.41) is 13.5. The number of carbonyl (C=O) groups is 1. The number of anilines is 1. The van der Waals surface area contributed by atoms with Crippen molar-refractivity contribution in [2.75, 3.05) is 25.5 Å². The molecule has 1 saturated heterocycles. The number of pyridine rings is 1. The summed E-state index contributed by atoms with van der Waals surface area (Å²) in [6.45, 7) is 1.93. The third-order valence-corrected chi connectivity index (χ3v) is 3.69. The van der Waals surface area contributed by atoms with E-state index < -0.39 is 5.97 Å². The molecule has 5 heteroatoms. The summed E-state index contributed by atoms with van der Waals surface area (Å²) in [6, 6.07) is 9.50. The van der Waals surface area contributed by atoms with E-state index in [2.05, 4.69) is 22.2 Å². The highest BCUT2D eigenvalue weighted by molar-refractivity contribution is 5.98. The van der Waals surface area contributed by atoms with Crippen LogP contribution in [0.3, 0.4) is 0 Å². The molecule has 1 aliphatic heterocycles. The monoisotopic (exact) mass is 271 g/mol. The SMILES string of the molecule is CN1CCC(Nc2nc3ccccc3cc2C(=O)O)C1. The highest BCUT2D eigenvalue weighted by Crippen LogP contribution is 2.22. The van der Waals surface area contributed by atoms with Crippen molar-refractivity contribution in [2.24, 2.45) is 0 Å². The fourth-order valence-corrected chi connectivity index (χ4v) is 2.64. The molecule has 0 bridgehead atoms. The lowest BCUT2D eigenvalue weighted by molar-refractivity contribution is 0.0697. The molecule has 0 spiro atoms. The lowest BCUT2D eigenvalue weighted by atomic mass is 10.1. The van der Waals surface area contributed by atoms with Gasteiger partial charge in [0.15, 0.2) is 0 Å². The van der Waals surface area contributed by atoms with E-state index in [0.29, 0.717) is 5.82 Å². The molecule has 2 N–H and O–H groups in total. The summed E-state index contributed by atoms with van der Waals surface area (Å²) < 4.78 is 0. The van der Waals surface area contributed by atoms with Gasteiger partial charge < -0.3 is 15.3 Å². The molecule has 2 aromatic rings. The maximum absolute atomic E-state index is 11.4. The van der Waals surface area contributed by atoms with Crippen LogP contribution in [0, 0.1) is 0 Å². The lowest BCUT2D eigenvalue weighted by Crippen LogP contribution is -2.25. The van der Waals surface area contributed by atoms with Gasteiger partial charge >= 0.3 is 5.97 Å². The molecular weight excluding hydrogens is 254 g/mol. The van der Waals surface area contributed by atoms with Crippen molar-refractivity contribution >= 4 is 22.7 Å². The molecule has 0 radical (unpaired) electrons. The van der Waals surface area contributed by atoms with Crippen LogP contribution in [0.4, 0.5) is 5.82 Å². The topological polar surface area (TPSA) is 65.5 Å². The molecule has 1 unspecified atom stereocenters. The quantitative estimate of drug-likeness (QED) is 0.894. The van der Waals surface area contributed by atoms with Crippen LogP contribution in [-0.2, 0) is 0 Å². The van der Waals surface area contributed by atoms with Gasteiger partial charge in [-0.3, -0.25) is 0 Å². The van der Waals surface area contributed by atoms with E-state index in [1.165, 1.54) is 0 Å². The van der Waals surface area contributed by atoms with Gasteiger partial charge in [-0.2, -0.15) is 0 Å². The van der Waals surface area contributed by atoms with Crippen molar-refractivity contribution in [1.82, 2.24) is 9.88 Å². The Balaban J connectivity index is 1.99. The van der Waals surface area contributed by atoms with Crippen molar-refractivity contribution in [3.05, 3.63) is 35.9 Å². The molecule has 3 rings (SSSR count). The maximum Gasteiger partial charge on any atom is 0.339 e. The van der Waals surface area contributed by atoms with Crippen LogP contribution < -0.4 is 5.32 Å². The number of carboxylic acid groups (broad SMARTS) is 1. The van der Waals surface area contributed by atoms with Gasteiger partial charge in [-0.25, -0.2) is 9.78 Å². The van der Waals surface area contributed by atoms with Crippen LogP contribution >= 0.6 is 0 Å². The van der Waals surface area contributed by atoms with E-state index in [-0.39, 0.29) is 11.6 Å². The summed E-state index contributed by atoms with van der Waals surface area (Å²) in [5.74, 6) is -0.478. The second kappa shape index (κ2) is 5.09. The van der Waals surface area contributed by atoms with E-state index >= 15 is 0 Å². The van der Waals surface area contributed by atoms with Crippen molar-refractivity contribution in [3.63, 3.8) is 0 Å². The Hall–Kier alpha value is -2.14. The smallest absolute Gasteiger partial charge is 0.339 e. The molecule has 1 atom stereocenters. The van der Waals surface area contributed by atoms with Crippen molar-refractivity contribution < 1.29 is 9.90 Å². The predicted molar refractivity (Wildman–Crippen MR) is 78.2 cm³/mol. The summed E-state index contributed by atoms with van der Waals surface area (Å²) in [4.78, 5) is 18.1.